The molecule has 0 bridgehead atoms. The molecule has 22 heavy (non-hydrogen) atoms. The topological polar surface area (TPSA) is 39.2 Å². The fourth-order valence-corrected chi connectivity index (χ4v) is 2.56. The summed E-state index contributed by atoms with van der Waals surface area (Å²) >= 11 is 0. The van der Waals surface area contributed by atoms with E-state index in [9.17, 15) is 9.18 Å². The number of carbonyl (C=O) groups is 1. The third-order valence-electron chi connectivity index (χ3n) is 3.62. The highest BCUT2D eigenvalue weighted by Crippen LogP contribution is 2.33. The van der Waals surface area contributed by atoms with Crippen LogP contribution >= 0.6 is 0 Å². The third-order valence-corrected chi connectivity index (χ3v) is 3.62. The molecule has 1 heterocycles. The van der Waals surface area contributed by atoms with Gasteiger partial charge in [-0.05, 0) is 42.3 Å². The van der Waals surface area contributed by atoms with Crippen molar-refractivity contribution in [3.8, 4) is 11.1 Å². The van der Waals surface area contributed by atoms with Crippen molar-refractivity contribution in [1.29, 1.82) is 0 Å². The smallest absolute Gasteiger partial charge is 0.337 e. The molecule has 0 amide bonds. The molecule has 0 fully saturated rings. The summed E-state index contributed by atoms with van der Waals surface area (Å²) in [5, 5.41) is 0.730. The van der Waals surface area contributed by atoms with Gasteiger partial charge in [0.1, 0.15) is 5.82 Å². The maximum atomic E-state index is 14.2. The number of hydrogen-bond acceptors (Lipinski definition) is 3. The van der Waals surface area contributed by atoms with Crippen LogP contribution in [0.15, 0.2) is 48.7 Å². The van der Waals surface area contributed by atoms with Crippen molar-refractivity contribution in [3.05, 3.63) is 65.6 Å². The lowest BCUT2D eigenvalue weighted by molar-refractivity contribution is 0.0601. The minimum atomic E-state index is -0.428. The number of methoxy groups -OCH3 is 1. The Morgan fingerprint density at radius 2 is 1.95 bits per heavy atom. The van der Waals surface area contributed by atoms with Crippen LogP contribution in [0, 0.1) is 12.7 Å². The lowest BCUT2D eigenvalue weighted by Crippen LogP contribution is -2.01. The van der Waals surface area contributed by atoms with Gasteiger partial charge in [0.15, 0.2) is 0 Å². The molecule has 0 unspecified atom stereocenters. The van der Waals surface area contributed by atoms with Crippen molar-refractivity contribution in [2.24, 2.45) is 0 Å². The maximum Gasteiger partial charge on any atom is 0.337 e. The number of aromatic nitrogens is 1. The van der Waals surface area contributed by atoms with E-state index in [0.717, 1.165) is 16.5 Å². The summed E-state index contributed by atoms with van der Waals surface area (Å²) in [5.41, 5.74) is 3.21. The SMILES string of the molecule is COC(=O)c1ccc2ncc(C)c(-c3ccccc3F)c2c1. The van der Waals surface area contributed by atoms with Crippen LogP contribution in [0.4, 0.5) is 4.39 Å². The average Bonchev–Trinajstić information content (AvgIpc) is 2.54. The van der Waals surface area contributed by atoms with Crippen LogP contribution in [0.25, 0.3) is 22.0 Å². The van der Waals surface area contributed by atoms with Crippen molar-refractivity contribution >= 4 is 16.9 Å². The highest BCUT2D eigenvalue weighted by molar-refractivity contribution is 6.01. The minimum absolute atomic E-state index is 0.304. The molecule has 0 saturated heterocycles. The van der Waals surface area contributed by atoms with Gasteiger partial charge in [-0.15, -0.1) is 0 Å². The summed E-state index contributed by atoms with van der Waals surface area (Å²) in [4.78, 5) is 16.1. The number of rotatable bonds is 2. The molecule has 0 aliphatic carbocycles. The number of benzene rings is 2. The Morgan fingerprint density at radius 3 is 2.68 bits per heavy atom. The van der Waals surface area contributed by atoms with Crippen LogP contribution in [0.5, 0.6) is 0 Å². The summed E-state index contributed by atoms with van der Waals surface area (Å²) in [5.74, 6) is -0.732. The molecule has 0 aliphatic rings. The van der Waals surface area contributed by atoms with Gasteiger partial charge in [0.05, 0.1) is 18.2 Å². The van der Waals surface area contributed by atoms with Crippen molar-refractivity contribution < 1.29 is 13.9 Å². The molecule has 0 saturated carbocycles. The summed E-state index contributed by atoms with van der Waals surface area (Å²) in [6.45, 7) is 1.87. The molecule has 1 aromatic heterocycles. The first-order valence-electron chi connectivity index (χ1n) is 6.84. The number of halogens is 1. The second kappa shape index (κ2) is 5.56. The second-order valence-corrected chi connectivity index (χ2v) is 5.02. The Hall–Kier alpha value is -2.75. The number of ether oxygens (including phenoxy) is 1. The summed E-state index contributed by atoms with van der Waals surface area (Å²) < 4.78 is 18.9. The van der Waals surface area contributed by atoms with E-state index in [-0.39, 0.29) is 5.82 Å². The van der Waals surface area contributed by atoms with Crippen LogP contribution in [0.2, 0.25) is 0 Å². The number of hydrogen-bond donors (Lipinski definition) is 0. The zero-order valence-corrected chi connectivity index (χ0v) is 12.3. The number of fused-ring (bicyclic) bond motifs is 1. The Morgan fingerprint density at radius 1 is 1.18 bits per heavy atom. The zero-order valence-electron chi connectivity index (χ0n) is 12.3. The van der Waals surface area contributed by atoms with Crippen LogP contribution in [0.1, 0.15) is 15.9 Å². The Bertz CT molecular complexity index is 874. The standard InChI is InChI=1S/C18H14FNO2/c1-11-10-20-16-8-7-12(18(21)22-2)9-14(16)17(11)13-5-3-4-6-15(13)19/h3-10H,1-2H3. The molecule has 0 aliphatic heterocycles. The molecule has 2 aromatic carbocycles. The molecule has 0 N–H and O–H groups in total. The van der Waals surface area contributed by atoms with Crippen LogP contribution in [-0.4, -0.2) is 18.1 Å². The first kappa shape index (κ1) is 14.2. The minimum Gasteiger partial charge on any atom is -0.465 e. The number of aryl methyl sites for hydroxylation is 1. The van der Waals surface area contributed by atoms with Crippen molar-refractivity contribution in [2.75, 3.05) is 7.11 Å². The summed E-state index contributed by atoms with van der Waals surface area (Å²) in [6, 6.07) is 11.7. The lowest BCUT2D eigenvalue weighted by atomic mass is 9.95. The quantitative estimate of drug-likeness (QED) is 0.667. The van der Waals surface area contributed by atoms with E-state index in [1.54, 1.807) is 42.6 Å². The fourth-order valence-electron chi connectivity index (χ4n) is 2.56. The first-order valence-corrected chi connectivity index (χ1v) is 6.84. The van der Waals surface area contributed by atoms with E-state index >= 15 is 0 Å². The monoisotopic (exact) mass is 295 g/mol. The van der Waals surface area contributed by atoms with Crippen LogP contribution in [-0.2, 0) is 4.74 Å². The van der Waals surface area contributed by atoms with Crippen molar-refractivity contribution in [3.63, 3.8) is 0 Å². The van der Waals surface area contributed by atoms with Crippen molar-refractivity contribution in [2.45, 2.75) is 6.92 Å². The number of pyridine rings is 1. The molecule has 110 valence electrons. The number of nitrogens with zero attached hydrogens (tertiary/aromatic N) is 1. The highest BCUT2D eigenvalue weighted by atomic mass is 19.1. The molecule has 3 aromatic rings. The molecule has 0 radical (unpaired) electrons. The van der Waals surface area contributed by atoms with E-state index in [1.165, 1.54) is 13.2 Å². The van der Waals surface area contributed by atoms with Crippen molar-refractivity contribution in [1.82, 2.24) is 4.98 Å². The van der Waals surface area contributed by atoms with Gasteiger partial charge in [-0.2, -0.15) is 0 Å². The van der Waals surface area contributed by atoms with Gasteiger partial charge in [0.2, 0.25) is 0 Å². The maximum absolute atomic E-state index is 14.2. The first-order chi connectivity index (χ1) is 10.6. The second-order valence-electron chi connectivity index (χ2n) is 5.02. The van der Waals surface area contributed by atoms with Gasteiger partial charge >= 0.3 is 5.97 Å². The molecule has 0 atom stereocenters. The van der Waals surface area contributed by atoms with Crippen LogP contribution < -0.4 is 0 Å². The predicted octanol–water partition coefficient (Wildman–Crippen LogP) is 4.14. The van der Waals surface area contributed by atoms with Gasteiger partial charge in [0, 0.05) is 17.1 Å². The average molecular weight is 295 g/mol. The Kier molecular flexibility index (Phi) is 3.59. The molecule has 4 heteroatoms. The predicted molar refractivity (Wildman–Crippen MR) is 83.2 cm³/mol. The third kappa shape index (κ3) is 2.33. The van der Waals surface area contributed by atoms with E-state index in [2.05, 4.69) is 4.98 Å². The number of esters is 1. The van der Waals surface area contributed by atoms with E-state index < -0.39 is 5.97 Å². The molecule has 3 rings (SSSR count). The largest absolute Gasteiger partial charge is 0.465 e. The number of carbonyl (C=O) groups excluding carboxylic acids is 1. The van der Waals surface area contributed by atoms with E-state index in [4.69, 9.17) is 4.74 Å². The van der Waals surface area contributed by atoms with Gasteiger partial charge in [-0.25, -0.2) is 9.18 Å². The molecule has 0 spiro atoms. The Balaban J connectivity index is 2.35. The molecule has 3 nitrogen and oxygen atoms in total. The normalized spacial score (nSPS) is 10.7. The molecular formula is C18H14FNO2. The van der Waals surface area contributed by atoms with Gasteiger partial charge in [0.25, 0.3) is 0 Å². The molecular weight excluding hydrogens is 281 g/mol. The van der Waals surface area contributed by atoms with Crippen LogP contribution in [0.3, 0.4) is 0 Å². The summed E-state index contributed by atoms with van der Waals surface area (Å²) in [6.07, 6.45) is 1.71. The van der Waals surface area contributed by atoms with E-state index in [1.807, 2.05) is 6.92 Å². The van der Waals surface area contributed by atoms with E-state index in [0.29, 0.717) is 16.6 Å². The summed E-state index contributed by atoms with van der Waals surface area (Å²) in [7, 11) is 1.33. The van der Waals surface area contributed by atoms with Gasteiger partial charge in [-0.1, -0.05) is 18.2 Å². The Labute approximate surface area is 127 Å². The van der Waals surface area contributed by atoms with Gasteiger partial charge in [-0.3, -0.25) is 4.98 Å². The zero-order chi connectivity index (χ0) is 15.7. The highest BCUT2D eigenvalue weighted by Gasteiger charge is 2.14. The lowest BCUT2D eigenvalue weighted by Gasteiger charge is -2.12. The fraction of sp³-hybridized carbons (Fsp3) is 0.111. The van der Waals surface area contributed by atoms with Gasteiger partial charge < -0.3 is 4.74 Å².